The third-order valence-corrected chi connectivity index (χ3v) is 3.87. The summed E-state index contributed by atoms with van der Waals surface area (Å²) in [5.74, 6) is 0.897. The fraction of sp³-hybridized carbons (Fsp3) is 0.562. The maximum absolute atomic E-state index is 12.1. The number of phenolic OH excluding ortho intramolecular Hbond substituents is 1. The molecule has 1 aliphatic heterocycles. The monoisotopic (exact) mass is 293 g/mol. The van der Waals surface area contributed by atoms with Crippen molar-refractivity contribution in [1.82, 2.24) is 5.32 Å². The van der Waals surface area contributed by atoms with Gasteiger partial charge >= 0.3 is 0 Å². The van der Waals surface area contributed by atoms with Crippen LogP contribution in [-0.2, 0) is 9.53 Å². The van der Waals surface area contributed by atoms with Crippen molar-refractivity contribution in [3.8, 4) is 11.5 Å². The van der Waals surface area contributed by atoms with E-state index in [1.165, 1.54) is 0 Å². The highest BCUT2D eigenvalue weighted by molar-refractivity contribution is 5.79. The summed E-state index contributed by atoms with van der Waals surface area (Å²) >= 11 is 0. The van der Waals surface area contributed by atoms with Crippen LogP contribution >= 0.6 is 0 Å². The van der Waals surface area contributed by atoms with Crippen LogP contribution in [0.4, 0.5) is 0 Å². The van der Waals surface area contributed by atoms with Crippen molar-refractivity contribution < 1.29 is 19.4 Å². The van der Waals surface area contributed by atoms with Gasteiger partial charge in [-0.1, -0.05) is 6.07 Å². The van der Waals surface area contributed by atoms with Crippen LogP contribution in [-0.4, -0.2) is 37.4 Å². The molecule has 116 valence electrons. The van der Waals surface area contributed by atoms with Gasteiger partial charge in [0.2, 0.25) is 5.91 Å². The number of rotatable bonds is 5. The Morgan fingerprint density at radius 3 is 3.10 bits per heavy atom. The van der Waals surface area contributed by atoms with Crippen LogP contribution < -0.4 is 10.1 Å². The van der Waals surface area contributed by atoms with Crippen LogP contribution in [0.5, 0.6) is 11.5 Å². The molecule has 1 fully saturated rings. The van der Waals surface area contributed by atoms with E-state index in [9.17, 15) is 9.90 Å². The molecule has 2 unspecified atom stereocenters. The number of carbonyl (C=O) groups is 1. The lowest BCUT2D eigenvalue weighted by atomic mass is 9.88. The highest BCUT2D eigenvalue weighted by Gasteiger charge is 2.32. The number of carbonyl (C=O) groups excluding carboxylic acids is 1. The van der Waals surface area contributed by atoms with Gasteiger partial charge in [-0.3, -0.25) is 4.79 Å². The number of ether oxygens (including phenoxy) is 2. The molecule has 1 amide bonds. The number of amides is 1. The molecule has 1 aromatic rings. The van der Waals surface area contributed by atoms with Crippen molar-refractivity contribution in [2.75, 3.05) is 26.4 Å². The van der Waals surface area contributed by atoms with E-state index < -0.39 is 0 Å². The average Bonchev–Trinajstić information content (AvgIpc) is 2.49. The summed E-state index contributed by atoms with van der Waals surface area (Å²) in [5.41, 5.74) is 0.712. The highest BCUT2D eigenvalue weighted by atomic mass is 16.5. The van der Waals surface area contributed by atoms with Crippen molar-refractivity contribution in [1.29, 1.82) is 0 Å². The topological polar surface area (TPSA) is 67.8 Å². The lowest BCUT2D eigenvalue weighted by molar-refractivity contribution is -0.131. The Hall–Kier alpha value is -1.75. The molecule has 2 rings (SSSR count). The van der Waals surface area contributed by atoms with Crippen LogP contribution in [0.1, 0.15) is 18.9 Å². The zero-order valence-corrected chi connectivity index (χ0v) is 12.6. The predicted molar refractivity (Wildman–Crippen MR) is 79.4 cm³/mol. The highest BCUT2D eigenvalue weighted by Crippen LogP contribution is 2.28. The molecule has 21 heavy (non-hydrogen) atoms. The molecule has 2 atom stereocenters. The van der Waals surface area contributed by atoms with E-state index in [0.717, 1.165) is 6.42 Å². The molecule has 1 aromatic carbocycles. The van der Waals surface area contributed by atoms with Crippen LogP contribution in [0.15, 0.2) is 18.2 Å². The summed E-state index contributed by atoms with van der Waals surface area (Å²) in [4.78, 5) is 12.1. The SMILES string of the molecule is CCNC(=O)C1CCOCC1COc1cccc(O)c1C. The van der Waals surface area contributed by atoms with Gasteiger partial charge < -0.3 is 19.9 Å². The van der Waals surface area contributed by atoms with Crippen molar-refractivity contribution in [2.45, 2.75) is 20.3 Å². The number of aromatic hydroxyl groups is 1. The first kappa shape index (κ1) is 15.6. The smallest absolute Gasteiger partial charge is 0.223 e. The Balaban J connectivity index is 1.99. The fourth-order valence-electron chi connectivity index (χ4n) is 2.57. The zero-order valence-electron chi connectivity index (χ0n) is 12.6. The zero-order chi connectivity index (χ0) is 15.2. The quantitative estimate of drug-likeness (QED) is 0.869. The molecule has 5 nitrogen and oxygen atoms in total. The summed E-state index contributed by atoms with van der Waals surface area (Å²) in [7, 11) is 0. The molecule has 5 heteroatoms. The number of phenols is 1. The second kappa shape index (κ2) is 7.31. The normalized spacial score (nSPS) is 21.8. The Labute approximate surface area is 125 Å². The molecule has 1 heterocycles. The van der Waals surface area contributed by atoms with Gasteiger partial charge in [0, 0.05) is 30.6 Å². The Morgan fingerprint density at radius 2 is 2.33 bits per heavy atom. The van der Waals surface area contributed by atoms with Gasteiger partial charge in [-0.25, -0.2) is 0 Å². The molecule has 1 aliphatic rings. The van der Waals surface area contributed by atoms with E-state index in [4.69, 9.17) is 9.47 Å². The van der Waals surface area contributed by atoms with E-state index >= 15 is 0 Å². The Morgan fingerprint density at radius 1 is 1.52 bits per heavy atom. The van der Waals surface area contributed by atoms with Gasteiger partial charge in [-0.2, -0.15) is 0 Å². The van der Waals surface area contributed by atoms with Gasteiger partial charge in [0.25, 0.3) is 0 Å². The van der Waals surface area contributed by atoms with Gasteiger partial charge in [-0.15, -0.1) is 0 Å². The summed E-state index contributed by atoms with van der Waals surface area (Å²) in [6.07, 6.45) is 0.721. The predicted octanol–water partition coefficient (Wildman–Crippen LogP) is 1.87. The Kier molecular flexibility index (Phi) is 5.44. The second-order valence-electron chi connectivity index (χ2n) is 5.34. The Bertz CT molecular complexity index is 489. The van der Waals surface area contributed by atoms with E-state index in [1.54, 1.807) is 12.1 Å². The largest absolute Gasteiger partial charge is 0.508 e. The lowest BCUT2D eigenvalue weighted by Gasteiger charge is -2.30. The molecular weight excluding hydrogens is 270 g/mol. The van der Waals surface area contributed by atoms with Gasteiger partial charge in [-0.05, 0) is 32.4 Å². The van der Waals surface area contributed by atoms with E-state index in [0.29, 0.717) is 37.7 Å². The van der Waals surface area contributed by atoms with Crippen LogP contribution in [0.3, 0.4) is 0 Å². The standard InChI is InChI=1S/C16H23NO4/c1-3-17-16(19)13-7-8-20-9-12(13)10-21-15-6-4-5-14(18)11(15)2/h4-6,12-13,18H,3,7-10H2,1-2H3,(H,17,19). The first-order valence-electron chi connectivity index (χ1n) is 7.40. The molecule has 1 saturated heterocycles. The molecule has 0 bridgehead atoms. The minimum absolute atomic E-state index is 0.0343. The van der Waals surface area contributed by atoms with Crippen LogP contribution in [0.2, 0.25) is 0 Å². The molecular formula is C16H23NO4. The minimum Gasteiger partial charge on any atom is -0.508 e. The minimum atomic E-state index is -0.0729. The van der Waals surface area contributed by atoms with Crippen LogP contribution in [0, 0.1) is 18.8 Å². The number of nitrogens with one attached hydrogen (secondary N) is 1. The van der Waals surface area contributed by atoms with E-state index in [1.807, 2.05) is 19.9 Å². The lowest BCUT2D eigenvalue weighted by Crippen LogP contribution is -2.42. The maximum atomic E-state index is 12.1. The first-order valence-corrected chi connectivity index (χ1v) is 7.40. The van der Waals surface area contributed by atoms with Gasteiger partial charge in [0.15, 0.2) is 0 Å². The molecule has 2 N–H and O–H groups in total. The van der Waals surface area contributed by atoms with Crippen molar-refractivity contribution in [2.24, 2.45) is 11.8 Å². The number of hydrogen-bond acceptors (Lipinski definition) is 4. The van der Waals surface area contributed by atoms with Gasteiger partial charge in [0.05, 0.1) is 13.2 Å². The van der Waals surface area contributed by atoms with Crippen molar-refractivity contribution >= 4 is 5.91 Å². The third-order valence-electron chi connectivity index (χ3n) is 3.87. The van der Waals surface area contributed by atoms with Gasteiger partial charge in [0.1, 0.15) is 11.5 Å². The van der Waals surface area contributed by atoms with Crippen molar-refractivity contribution in [3.63, 3.8) is 0 Å². The summed E-state index contributed by atoms with van der Waals surface area (Å²) in [6, 6.07) is 5.19. The number of benzene rings is 1. The molecule has 0 spiro atoms. The summed E-state index contributed by atoms with van der Waals surface area (Å²) < 4.78 is 11.3. The first-order chi connectivity index (χ1) is 10.1. The fourth-order valence-corrected chi connectivity index (χ4v) is 2.57. The third kappa shape index (κ3) is 3.88. The molecule has 0 saturated carbocycles. The van der Waals surface area contributed by atoms with Crippen molar-refractivity contribution in [3.05, 3.63) is 23.8 Å². The number of hydrogen-bond donors (Lipinski definition) is 2. The molecule has 0 aliphatic carbocycles. The molecule has 0 aromatic heterocycles. The second-order valence-corrected chi connectivity index (χ2v) is 5.34. The van der Waals surface area contributed by atoms with E-state index in [-0.39, 0.29) is 23.5 Å². The molecule has 0 radical (unpaired) electrons. The van der Waals surface area contributed by atoms with E-state index in [2.05, 4.69) is 5.32 Å². The maximum Gasteiger partial charge on any atom is 0.223 e. The van der Waals surface area contributed by atoms with Crippen LogP contribution in [0.25, 0.3) is 0 Å². The summed E-state index contributed by atoms with van der Waals surface area (Å²) in [6.45, 7) is 5.91. The average molecular weight is 293 g/mol. The summed E-state index contributed by atoms with van der Waals surface area (Å²) in [5, 5.41) is 12.6.